The van der Waals surface area contributed by atoms with E-state index in [4.69, 9.17) is 0 Å². The normalized spacial score (nSPS) is 10.5. The van der Waals surface area contributed by atoms with E-state index in [-0.39, 0.29) is 11.5 Å². The Morgan fingerprint density at radius 1 is 1.17 bits per heavy atom. The predicted molar refractivity (Wildman–Crippen MR) is 87.4 cm³/mol. The lowest BCUT2D eigenvalue weighted by Crippen LogP contribution is -1.93. The number of ketones is 1. The Bertz CT molecular complexity index is 891. The molecule has 0 saturated heterocycles. The summed E-state index contributed by atoms with van der Waals surface area (Å²) >= 11 is 1.27. The van der Waals surface area contributed by atoms with Crippen molar-refractivity contribution in [3.8, 4) is 21.8 Å². The lowest BCUT2D eigenvalue weighted by atomic mass is 10.1. The molecule has 0 atom stereocenters. The SMILES string of the molecule is CC(=O)c1sc(-c2ccncc2)nc1-c1cccc([N+](=O)[O-])c1. The zero-order chi connectivity index (χ0) is 16.4. The monoisotopic (exact) mass is 325 g/mol. The summed E-state index contributed by atoms with van der Waals surface area (Å²) in [5, 5.41) is 11.6. The van der Waals surface area contributed by atoms with Crippen molar-refractivity contribution >= 4 is 22.8 Å². The maximum Gasteiger partial charge on any atom is 0.270 e. The van der Waals surface area contributed by atoms with Crippen LogP contribution in [-0.4, -0.2) is 20.7 Å². The standard InChI is InChI=1S/C16H11N3O3S/c1-10(20)15-14(12-3-2-4-13(9-12)19(21)22)18-16(23-15)11-5-7-17-8-6-11/h2-9H,1H3. The lowest BCUT2D eigenvalue weighted by Gasteiger charge is -1.99. The van der Waals surface area contributed by atoms with Gasteiger partial charge in [-0.05, 0) is 12.1 Å². The molecule has 0 aliphatic carbocycles. The van der Waals surface area contributed by atoms with Crippen molar-refractivity contribution in [3.05, 3.63) is 63.8 Å². The van der Waals surface area contributed by atoms with Crippen molar-refractivity contribution in [2.45, 2.75) is 6.92 Å². The maximum atomic E-state index is 11.9. The van der Waals surface area contributed by atoms with Gasteiger partial charge in [0.15, 0.2) is 5.78 Å². The summed E-state index contributed by atoms with van der Waals surface area (Å²) in [6, 6.07) is 9.75. The van der Waals surface area contributed by atoms with Crippen LogP contribution in [0.5, 0.6) is 0 Å². The highest BCUT2D eigenvalue weighted by Crippen LogP contribution is 2.35. The van der Waals surface area contributed by atoms with E-state index in [2.05, 4.69) is 9.97 Å². The molecular formula is C16H11N3O3S. The molecule has 1 aromatic carbocycles. The molecule has 2 heterocycles. The zero-order valence-corrected chi connectivity index (χ0v) is 12.9. The molecule has 7 heteroatoms. The molecule has 0 aliphatic rings. The van der Waals surface area contributed by atoms with Crippen LogP contribution >= 0.6 is 11.3 Å². The molecule has 3 rings (SSSR count). The fourth-order valence-corrected chi connectivity index (χ4v) is 3.13. The van der Waals surface area contributed by atoms with Gasteiger partial charge in [-0.1, -0.05) is 12.1 Å². The predicted octanol–water partition coefficient (Wildman–Crippen LogP) is 3.98. The van der Waals surface area contributed by atoms with Gasteiger partial charge in [-0.2, -0.15) is 0 Å². The van der Waals surface area contributed by atoms with E-state index < -0.39 is 4.92 Å². The van der Waals surface area contributed by atoms with Crippen molar-refractivity contribution in [1.82, 2.24) is 9.97 Å². The molecule has 0 spiro atoms. The minimum atomic E-state index is -0.465. The second-order valence-electron chi connectivity index (χ2n) is 4.80. The summed E-state index contributed by atoms with van der Waals surface area (Å²) in [5.41, 5.74) is 1.85. The van der Waals surface area contributed by atoms with Crippen LogP contribution in [0, 0.1) is 10.1 Å². The molecule has 23 heavy (non-hydrogen) atoms. The van der Waals surface area contributed by atoms with Crippen molar-refractivity contribution in [2.24, 2.45) is 0 Å². The van der Waals surface area contributed by atoms with Gasteiger partial charge >= 0.3 is 0 Å². The van der Waals surface area contributed by atoms with E-state index >= 15 is 0 Å². The topological polar surface area (TPSA) is 86.0 Å². The summed E-state index contributed by atoms with van der Waals surface area (Å²) in [5.74, 6) is -0.121. The van der Waals surface area contributed by atoms with E-state index in [1.807, 2.05) is 0 Å². The number of carbonyl (C=O) groups is 1. The maximum absolute atomic E-state index is 11.9. The highest BCUT2D eigenvalue weighted by atomic mass is 32.1. The van der Waals surface area contributed by atoms with E-state index in [1.165, 1.54) is 30.4 Å². The number of hydrogen-bond donors (Lipinski definition) is 0. The van der Waals surface area contributed by atoms with Crippen LogP contribution in [0.2, 0.25) is 0 Å². The van der Waals surface area contributed by atoms with Gasteiger partial charge in [0, 0.05) is 42.6 Å². The number of nitro benzene ring substituents is 1. The number of nitro groups is 1. The Labute approximate surface area is 135 Å². The van der Waals surface area contributed by atoms with Crippen LogP contribution in [0.4, 0.5) is 5.69 Å². The number of pyridine rings is 1. The van der Waals surface area contributed by atoms with Gasteiger partial charge in [0.25, 0.3) is 5.69 Å². The minimum absolute atomic E-state index is 0.0320. The number of carbonyl (C=O) groups excluding carboxylic acids is 1. The third-order valence-electron chi connectivity index (χ3n) is 3.20. The minimum Gasteiger partial charge on any atom is -0.294 e. The molecule has 2 aromatic heterocycles. The summed E-state index contributed by atoms with van der Waals surface area (Å²) < 4.78 is 0. The number of aromatic nitrogens is 2. The fourth-order valence-electron chi connectivity index (χ4n) is 2.14. The molecule has 0 amide bonds. The second-order valence-corrected chi connectivity index (χ2v) is 5.80. The van der Waals surface area contributed by atoms with Crippen molar-refractivity contribution in [2.75, 3.05) is 0 Å². The average molecular weight is 325 g/mol. The van der Waals surface area contributed by atoms with Gasteiger partial charge in [-0.25, -0.2) is 4.98 Å². The first-order valence-electron chi connectivity index (χ1n) is 6.73. The Balaban J connectivity index is 2.15. The average Bonchev–Trinajstić information content (AvgIpc) is 3.01. The fraction of sp³-hybridized carbons (Fsp3) is 0.0625. The zero-order valence-electron chi connectivity index (χ0n) is 12.1. The largest absolute Gasteiger partial charge is 0.294 e. The van der Waals surface area contributed by atoms with Crippen LogP contribution in [0.15, 0.2) is 48.8 Å². The summed E-state index contributed by atoms with van der Waals surface area (Å²) in [6.07, 6.45) is 3.30. The Kier molecular flexibility index (Phi) is 3.94. The number of rotatable bonds is 4. The molecule has 0 aliphatic heterocycles. The number of thiazole rings is 1. The van der Waals surface area contributed by atoms with Crippen LogP contribution in [0.25, 0.3) is 21.8 Å². The Morgan fingerprint density at radius 3 is 2.57 bits per heavy atom. The van der Waals surface area contributed by atoms with Crippen LogP contribution in [-0.2, 0) is 0 Å². The molecule has 3 aromatic rings. The van der Waals surface area contributed by atoms with E-state index in [0.29, 0.717) is 21.1 Å². The first-order valence-corrected chi connectivity index (χ1v) is 7.55. The van der Waals surface area contributed by atoms with E-state index in [1.54, 1.807) is 36.7 Å². The van der Waals surface area contributed by atoms with Gasteiger partial charge < -0.3 is 0 Å². The lowest BCUT2D eigenvalue weighted by molar-refractivity contribution is -0.384. The van der Waals surface area contributed by atoms with Crippen LogP contribution in [0.3, 0.4) is 0 Å². The third-order valence-corrected chi connectivity index (χ3v) is 4.41. The molecular weight excluding hydrogens is 314 g/mol. The van der Waals surface area contributed by atoms with E-state index in [0.717, 1.165) is 5.56 Å². The van der Waals surface area contributed by atoms with Gasteiger partial charge in [0.2, 0.25) is 0 Å². The number of nitrogens with zero attached hydrogens (tertiary/aromatic N) is 3. The second kappa shape index (κ2) is 6.05. The van der Waals surface area contributed by atoms with Crippen molar-refractivity contribution in [3.63, 3.8) is 0 Å². The quantitative estimate of drug-likeness (QED) is 0.411. The van der Waals surface area contributed by atoms with Crippen LogP contribution in [0.1, 0.15) is 16.6 Å². The van der Waals surface area contributed by atoms with Crippen LogP contribution < -0.4 is 0 Å². The molecule has 0 radical (unpaired) electrons. The smallest absolute Gasteiger partial charge is 0.270 e. The number of Topliss-reactive ketones (excluding diaryl/α,β-unsaturated/α-hetero) is 1. The molecule has 0 fully saturated rings. The first-order chi connectivity index (χ1) is 11.1. The van der Waals surface area contributed by atoms with E-state index in [9.17, 15) is 14.9 Å². The highest BCUT2D eigenvalue weighted by Gasteiger charge is 2.19. The van der Waals surface area contributed by atoms with Gasteiger partial charge in [0.05, 0.1) is 15.5 Å². The number of non-ortho nitro benzene ring substituents is 1. The molecule has 0 saturated carbocycles. The van der Waals surface area contributed by atoms with Gasteiger partial charge in [0.1, 0.15) is 5.01 Å². The Hall–Kier alpha value is -2.93. The van der Waals surface area contributed by atoms with Gasteiger partial charge in [-0.3, -0.25) is 19.9 Å². The van der Waals surface area contributed by atoms with Crippen molar-refractivity contribution in [1.29, 1.82) is 0 Å². The summed E-state index contributed by atoms with van der Waals surface area (Å²) in [7, 11) is 0. The summed E-state index contributed by atoms with van der Waals surface area (Å²) in [4.78, 5) is 31.4. The third kappa shape index (κ3) is 3.00. The molecule has 0 unspecified atom stereocenters. The number of hydrogen-bond acceptors (Lipinski definition) is 6. The molecule has 0 N–H and O–H groups in total. The Morgan fingerprint density at radius 2 is 1.91 bits per heavy atom. The first kappa shape index (κ1) is 15.0. The molecule has 114 valence electrons. The molecule has 6 nitrogen and oxygen atoms in total. The highest BCUT2D eigenvalue weighted by molar-refractivity contribution is 7.17. The molecule has 0 bridgehead atoms. The van der Waals surface area contributed by atoms with Gasteiger partial charge in [-0.15, -0.1) is 11.3 Å². The van der Waals surface area contributed by atoms with Crippen molar-refractivity contribution < 1.29 is 9.72 Å². The number of benzene rings is 1. The summed E-state index contributed by atoms with van der Waals surface area (Å²) in [6.45, 7) is 1.46.